The first-order valence-electron chi connectivity index (χ1n) is 8.98. The van der Waals surface area contributed by atoms with Gasteiger partial charge in [0.25, 0.3) is 5.91 Å². The molecule has 0 spiro atoms. The first-order chi connectivity index (χ1) is 13.1. The van der Waals surface area contributed by atoms with E-state index in [0.29, 0.717) is 23.4 Å². The fourth-order valence-electron chi connectivity index (χ4n) is 2.87. The average Bonchev–Trinajstić information content (AvgIpc) is 2.69. The number of para-hydroxylation sites is 1. The number of anilines is 2. The van der Waals surface area contributed by atoms with Crippen LogP contribution in [-0.4, -0.2) is 11.6 Å². The number of carbonyl (C=O) groups is 1. The van der Waals surface area contributed by atoms with E-state index in [4.69, 9.17) is 11.1 Å². The molecule has 0 saturated heterocycles. The Morgan fingerprint density at radius 1 is 0.929 bits per heavy atom. The molecule has 0 unspecified atom stereocenters. The van der Waals surface area contributed by atoms with Gasteiger partial charge in [0.2, 0.25) is 0 Å². The molecule has 0 radical (unpaired) electrons. The van der Waals surface area contributed by atoms with Crippen LogP contribution >= 0.6 is 0 Å². The molecule has 4 nitrogen and oxygen atoms in total. The Labute approximate surface area is 166 Å². The fourth-order valence-corrected chi connectivity index (χ4v) is 2.87. The van der Waals surface area contributed by atoms with Crippen molar-refractivity contribution in [2.75, 3.05) is 11.1 Å². The van der Waals surface area contributed by atoms with Crippen molar-refractivity contribution in [3.63, 3.8) is 0 Å². The molecule has 3 rings (SSSR count). The highest BCUT2D eigenvalue weighted by Crippen LogP contribution is 2.17. The largest absolute Gasteiger partial charge is 0.398 e. The number of nitrogen functional groups attached to an aromatic ring is 1. The van der Waals surface area contributed by atoms with Crippen LogP contribution in [0, 0.1) is 5.41 Å². The van der Waals surface area contributed by atoms with Gasteiger partial charge in [0.15, 0.2) is 0 Å². The number of nitrogens with one attached hydrogen (secondary N) is 2. The van der Waals surface area contributed by atoms with E-state index in [1.807, 2.05) is 66.7 Å². The molecule has 0 aliphatic carbocycles. The quantitative estimate of drug-likeness (QED) is 0.403. The third-order valence-corrected chi connectivity index (χ3v) is 4.50. The standard InChI is InChI=1S/C23H23N3O.CH4/c1-2-16-7-11-18(12-8-16)23(27)26-19-13-9-17(10-14-19)15-22(25)20-5-3-4-6-21(20)24;/h3-14,25H,2,15,24H2,1H3,(H,26,27);1H4. The number of nitrogens with two attached hydrogens (primary N) is 1. The van der Waals surface area contributed by atoms with Crippen LogP contribution in [0.15, 0.2) is 72.8 Å². The zero-order valence-corrected chi connectivity index (χ0v) is 15.3. The summed E-state index contributed by atoms with van der Waals surface area (Å²) in [5, 5.41) is 11.2. The number of hydrogen-bond donors (Lipinski definition) is 3. The Morgan fingerprint density at radius 3 is 2.14 bits per heavy atom. The van der Waals surface area contributed by atoms with Gasteiger partial charge in [-0.05, 0) is 47.9 Å². The summed E-state index contributed by atoms with van der Waals surface area (Å²) in [5.41, 5.74) is 11.3. The Balaban J connectivity index is 0.00000280. The van der Waals surface area contributed by atoms with Crippen LogP contribution < -0.4 is 11.1 Å². The van der Waals surface area contributed by atoms with Crippen LogP contribution in [0.5, 0.6) is 0 Å². The summed E-state index contributed by atoms with van der Waals surface area (Å²) in [6.45, 7) is 2.09. The Hall–Kier alpha value is -3.40. The molecular weight excluding hydrogens is 346 g/mol. The minimum Gasteiger partial charge on any atom is -0.398 e. The summed E-state index contributed by atoms with van der Waals surface area (Å²) in [7, 11) is 0. The van der Waals surface area contributed by atoms with Crippen LogP contribution in [0.4, 0.5) is 11.4 Å². The van der Waals surface area contributed by atoms with E-state index < -0.39 is 0 Å². The third-order valence-electron chi connectivity index (χ3n) is 4.50. The normalized spacial score (nSPS) is 10.0. The third kappa shape index (κ3) is 5.07. The maximum atomic E-state index is 12.3. The summed E-state index contributed by atoms with van der Waals surface area (Å²) < 4.78 is 0. The highest BCUT2D eigenvalue weighted by Gasteiger charge is 2.08. The van der Waals surface area contributed by atoms with Crippen LogP contribution in [-0.2, 0) is 12.8 Å². The summed E-state index contributed by atoms with van der Waals surface area (Å²) in [6, 6.07) is 22.6. The molecule has 0 heterocycles. The molecule has 3 aromatic carbocycles. The molecule has 0 aliphatic heterocycles. The van der Waals surface area contributed by atoms with Crippen LogP contribution in [0.1, 0.15) is 41.4 Å². The Bertz CT molecular complexity index is 944. The van der Waals surface area contributed by atoms with Crippen LogP contribution in [0.25, 0.3) is 0 Å². The molecule has 28 heavy (non-hydrogen) atoms. The predicted molar refractivity (Wildman–Crippen MR) is 118 cm³/mol. The maximum absolute atomic E-state index is 12.3. The van der Waals surface area contributed by atoms with Crippen molar-refractivity contribution in [3.05, 3.63) is 95.1 Å². The highest BCUT2D eigenvalue weighted by atomic mass is 16.1. The van der Waals surface area contributed by atoms with Crippen LogP contribution in [0.2, 0.25) is 0 Å². The summed E-state index contributed by atoms with van der Waals surface area (Å²) >= 11 is 0. The van der Waals surface area contributed by atoms with Gasteiger partial charge in [-0.3, -0.25) is 4.79 Å². The molecule has 0 aromatic heterocycles. The van der Waals surface area contributed by atoms with Gasteiger partial charge in [-0.1, -0.05) is 56.8 Å². The molecule has 1 amide bonds. The predicted octanol–water partition coefficient (Wildman–Crippen LogP) is 5.33. The molecule has 4 heteroatoms. The lowest BCUT2D eigenvalue weighted by molar-refractivity contribution is 0.102. The fraction of sp³-hybridized carbons (Fsp3) is 0.167. The topological polar surface area (TPSA) is 79.0 Å². The van der Waals surface area contributed by atoms with Gasteiger partial charge >= 0.3 is 0 Å². The number of hydrogen-bond acceptors (Lipinski definition) is 3. The second-order valence-corrected chi connectivity index (χ2v) is 6.44. The number of rotatable bonds is 6. The first-order valence-corrected chi connectivity index (χ1v) is 8.98. The van der Waals surface area contributed by atoms with Gasteiger partial charge < -0.3 is 16.5 Å². The van der Waals surface area contributed by atoms with Crippen molar-refractivity contribution in [1.29, 1.82) is 5.41 Å². The van der Waals surface area contributed by atoms with E-state index in [2.05, 4.69) is 12.2 Å². The van der Waals surface area contributed by atoms with Gasteiger partial charge in [0.1, 0.15) is 0 Å². The van der Waals surface area contributed by atoms with Crippen LogP contribution in [0.3, 0.4) is 0 Å². The van der Waals surface area contributed by atoms with Gasteiger partial charge in [-0.2, -0.15) is 0 Å². The number of aryl methyl sites for hydroxylation is 1. The Kier molecular flexibility index (Phi) is 7.10. The van der Waals surface area contributed by atoms with Gasteiger partial charge in [0.05, 0.1) is 0 Å². The highest BCUT2D eigenvalue weighted by molar-refractivity contribution is 6.05. The van der Waals surface area contributed by atoms with Crippen molar-refractivity contribution in [1.82, 2.24) is 0 Å². The second-order valence-electron chi connectivity index (χ2n) is 6.44. The SMILES string of the molecule is C.CCc1ccc(C(=O)Nc2ccc(CC(=N)c3ccccc3N)cc2)cc1. The van der Waals surface area contributed by atoms with E-state index in [1.165, 1.54) is 5.56 Å². The number of amides is 1. The van der Waals surface area contributed by atoms with Crippen molar-refractivity contribution in [2.45, 2.75) is 27.2 Å². The van der Waals surface area contributed by atoms with E-state index in [-0.39, 0.29) is 13.3 Å². The lowest BCUT2D eigenvalue weighted by Gasteiger charge is -2.09. The van der Waals surface area contributed by atoms with E-state index in [1.54, 1.807) is 6.07 Å². The van der Waals surface area contributed by atoms with Crippen molar-refractivity contribution in [2.24, 2.45) is 0 Å². The maximum Gasteiger partial charge on any atom is 0.255 e. The lowest BCUT2D eigenvalue weighted by Crippen LogP contribution is -2.12. The lowest BCUT2D eigenvalue weighted by atomic mass is 10.0. The summed E-state index contributed by atoms with van der Waals surface area (Å²) in [4.78, 5) is 12.3. The zero-order chi connectivity index (χ0) is 19.2. The minimum absolute atomic E-state index is 0. The Morgan fingerprint density at radius 2 is 1.54 bits per heavy atom. The molecule has 0 bridgehead atoms. The monoisotopic (exact) mass is 373 g/mol. The molecule has 3 aromatic rings. The molecular formula is C24H27N3O. The van der Waals surface area contributed by atoms with Crippen molar-refractivity contribution in [3.8, 4) is 0 Å². The number of carbonyl (C=O) groups excluding carboxylic acids is 1. The van der Waals surface area contributed by atoms with E-state index in [0.717, 1.165) is 23.2 Å². The average molecular weight is 374 g/mol. The minimum atomic E-state index is -0.129. The molecule has 0 aliphatic rings. The van der Waals surface area contributed by atoms with Crippen molar-refractivity contribution < 1.29 is 4.79 Å². The first kappa shape index (κ1) is 20.9. The van der Waals surface area contributed by atoms with Gasteiger partial charge in [-0.25, -0.2) is 0 Å². The number of benzene rings is 3. The van der Waals surface area contributed by atoms with Gasteiger partial charge in [-0.15, -0.1) is 0 Å². The second kappa shape index (κ2) is 9.51. The molecule has 0 fully saturated rings. The smallest absolute Gasteiger partial charge is 0.255 e. The zero-order valence-electron chi connectivity index (χ0n) is 15.3. The molecule has 0 saturated carbocycles. The molecule has 0 atom stereocenters. The van der Waals surface area contributed by atoms with E-state index >= 15 is 0 Å². The molecule has 4 N–H and O–H groups in total. The van der Waals surface area contributed by atoms with Crippen molar-refractivity contribution >= 4 is 23.0 Å². The summed E-state index contributed by atoms with van der Waals surface area (Å²) in [6.07, 6.45) is 1.44. The molecule has 144 valence electrons. The van der Waals surface area contributed by atoms with Gasteiger partial charge in [0, 0.05) is 34.6 Å². The van der Waals surface area contributed by atoms with E-state index in [9.17, 15) is 4.79 Å². The summed E-state index contributed by atoms with van der Waals surface area (Å²) in [5.74, 6) is -0.129.